The summed E-state index contributed by atoms with van der Waals surface area (Å²) in [6.45, 7) is 5.33. The van der Waals surface area contributed by atoms with Crippen molar-refractivity contribution in [2.45, 2.75) is 44.3 Å². The highest BCUT2D eigenvalue weighted by molar-refractivity contribution is 5.87. The molecule has 3 saturated heterocycles. The van der Waals surface area contributed by atoms with E-state index in [1.807, 2.05) is 36.3 Å². The number of carbonyl (C=O) groups excluding carboxylic acids is 1. The van der Waals surface area contributed by atoms with Crippen molar-refractivity contribution in [2.75, 3.05) is 44.7 Å². The lowest BCUT2D eigenvalue weighted by Gasteiger charge is -2.46. The first kappa shape index (κ1) is 41.4. The maximum Gasteiger partial charge on any atom is 0.490 e. The number of amides is 1. The number of fused-ring (bicyclic) bond motifs is 1. The molecule has 2 spiro atoms. The van der Waals surface area contributed by atoms with E-state index < -0.39 is 36.4 Å². The minimum absolute atomic E-state index is 0.00530. The van der Waals surface area contributed by atoms with Crippen LogP contribution < -0.4 is 4.90 Å². The van der Waals surface area contributed by atoms with Gasteiger partial charge in [-0.05, 0) is 50.6 Å². The Balaban J connectivity index is 0.000000338. The van der Waals surface area contributed by atoms with E-state index in [-0.39, 0.29) is 10.8 Å². The van der Waals surface area contributed by atoms with Gasteiger partial charge in [-0.2, -0.15) is 39.5 Å². The number of anilines is 1. The van der Waals surface area contributed by atoms with Crippen LogP contribution in [0, 0.1) is 10.8 Å². The summed E-state index contributed by atoms with van der Waals surface area (Å²) in [6, 6.07) is 7.94. The molecule has 1 atom stereocenters. The summed E-state index contributed by atoms with van der Waals surface area (Å²) in [5.74, 6) is -7.20. The smallest absolute Gasteiger partial charge is 0.475 e. The molecule has 13 nitrogen and oxygen atoms in total. The van der Waals surface area contributed by atoms with Gasteiger partial charge in [0.1, 0.15) is 0 Å². The van der Waals surface area contributed by atoms with E-state index in [0.717, 1.165) is 70.2 Å². The van der Waals surface area contributed by atoms with E-state index in [2.05, 4.69) is 30.8 Å². The second kappa shape index (κ2) is 16.3. The molecule has 0 aromatic carbocycles. The molecule has 1 unspecified atom stereocenters. The Morgan fingerprint density at radius 3 is 1.56 bits per heavy atom. The van der Waals surface area contributed by atoms with Crippen LogP contribution in [-0.4, -0.2) is 122 Å². The number of rotatable bonds is 3. The first-order valence-corrected chi connectivity index (χ1v) is 14.3. The molecular formula is C28H31F9N6O7. The molecule has 0 saturated carbocycles. The maximum atomic E-state index is 13.4. The third-order valence-electron chi connectivity index (χ3n) is 8.09. The summed E-state index contributed by atoms with van der Waals surface area (Å²) in [5, 5.41) is 21.4. The van der Waals surface area contributed by atoms with Crippen molar-refractivity contribution in [1.82, 2.24) is 24.8 Å². The Labute approximate surface area is 277 Å². The van der Waals surface area contributed by atoms with Crippen LogP contribution in [-0.2, 0) is 25.7 Å². The molecule has 5 rings (SSSR count). The van der Waals surface area contributed by atoms with Crippen molar-refractivity contribution in [3.8, 4) is 0 Å². The Kier molecular flexibility index (Phi) is 13.5. The molecule has 22 heteroatoms. The van der Waals surface area contributed by atoms with Gasteiger partial charge < -0.3 is 25.1 Å². The van der Waals surface area contributed by atoms with Crippen LogP contribution in [0.5, 0.6) is 0 Å². The highest BCUT2D eigenvalue weighted by Crippen LogP contribution is 2.58. The molecule has 278 valence electrons. The quantitative estimate of drug-likeness (QED) is 0.390. The molecule has 0 bridgehead atoms. The fraction of sp³-hybridized carbons (Fsp3) is 0.536. The lowest BCUT2D eigenvalue weighted by atomic mass is 9.60. The van der Waals surface area contributed by atoms with Gasteiger partial charge in [-0.25, -0.2) is 24.4 Å². The van der Waals surface area contributed by atoms with Crippen LogP contribution in [0.15, 0.2) is 42.9 Å². The number of pyridine rings is 1. The molecule has 2 aromatic rings. The van der Waals surface area contributed by atoms with E-state index >= 15 is 0 Å². The molecule has 3 aliphatic rings. The van der Waals surface area contributed by atoms with Gasteiger partial charge in [0.05, 0.1) is 11.1 Å². The second-order valence-electron chi connectivity index (χ2n) is 11.2. The monoisotopic (exact) mass is 734 g/mol. The lowest BCUT2D eigenvalue weighted by Crippen LogP contribution is -2.52. The number of alkyl halides is 9. The number of carboxylic acid groups (broad SMARTS) is 3. The average molecular weight is 735 g/mol. The van der Waals surface area contributed by atoms with Crippen molar-refractivity contribution in [2.24, 2.45) is 10.8 Å². The number of likely N-dealkylation sites (tertiary alicyclic amines) is 2. The highest BCUT2D eigenvalue weighted by atomic mass is 19.4. The molecule has 3 aliphatic heterocycles. The summed E-state index contributed by atoms with van der Waals surface area (Å²) in [6.07, 6.45) is -6.81. The zero-order valence-electron chi connectivity index (χ0n) is 26.0. The SMILES string of the molecule is CN1CCC2(CN(c3ncccn3)CC23CCN(Cc2ccccn2)CC3)C1=O.O=C(O)C(F)(F)F.O=C(O)C(F)(F)F.O=C(O)C(F)(F)F. The minimum Gasteiger partial charge on any atom is -0.475 e. The third kappa shape index (κ3) is 10.9. The van der Waals surface area contributed by atoms with E-state index in [0.29, 0.717) is 5.91 Å². The summed E-state index contributed by atoms with van der Waals surface area (Å²) < 4.78 is 95.2. The van der Waals surface area contributed by atoms with Crippen LogP contribution >= 0.6 is 0 Å². The van der Waals surface area contributed by atoms with Crippen LogP contribution in [0.25, 0.3) is 0 Å². The maximum absolute atomic E-state index is 13.4. The van der Waals surface area contributed by atoms with Gasteiger partial charge in [-0.1, -0.05) is 6.07 Å². The van der Waals surface area contributed by atoms with E-state index in [4.69, 9.17) is 29.7 Å². The summed E-state index contributed by atoms with van der Waals surface area (Å²) >= 11 is 0. The standard InChI is InChI=1S/C22H28N6O.3C2HF3O2/c1-26-12-8-22(19(26)29)17-28(20-24-10-4-11-25-20)16-21(22)6-13-27(14-7-21)15-18-5-2-3-9-23-18;3*3-2(4,5)1(6)7/h2-5,9-11H,6-8,12-17H2,1H3;3*(H,6,7). The Bertz CT molecular complexity index is 1400. The number of piperidine rings is 1. The van der Waals surface area contributed by atoms with Gasteiger partial charge in [0.25, 0.3) is 0 Å². The van der Waals surface area contributed by atoms with E-state index in [9.17, 15) is 44.3 Å². The molecule has 50 heavy (non-hydrogen) atoms. The molecule has 0 aliphatic carbocycles. The van der Waals surface area contributed by atoms with Crippen molar-refractivity contribution < 1.29 is 74.0 Å². The normalized spacial score (nSPS) is 20.2. The van der Waals surface area contributed by atoms with Crippen molar-refractivity contribution in [3.63, 3.8) is 0 Å². The van der Waals surface area contributed by atoms with Gasteiger partial charge in [0.15, 0.2) is 0 Å². The number of aromatic nitrogens is 3. The number of hydrogen-bond donors (Lipinski definition) is 3. The van der Waals surface area contributed by atoms with Gasteiger partial charge in [-0.3, -0.25) is 14.7 Å². The number of carboxylic acids is 3. The zero-order valence-corrected chi connectivity index (χ0v) is 26.0. The molecule has 3 N–H and O–H groups in total. The van der Waals surface area contributed by atoms with Crippen LogP contribution in [0.2, 0.25) is 0 Å². The fourth-order valence-electron chi connectivity index (χ4n) is 5.73. The first-order valence-electron chi connectivity index (χ1n) is 14.3. The predicted octanol–water partition coefficient (Wildman–Crippen LogP) is 3.72. The number of nitrogens with zero attached hydrogens (tertiary/aromatic N) is 6. The summed E-state index contributed by atoms with van der Waals surface area (Å²) in [4.78, 5) is 60.2. The predicted molar refractivity (Wildman–Crippen MR) is 151 cm³/mol. The largest absolute Gasteiger partial charge is 0.490 e. The first-order chi connectivity index (χ1) is 22.9. The molecule has 2 aromatic heterocycles. The van der Waals surface area contributed by atoms with Crippen molar-refractivity contribution in [1.29, 1.82) is 0 Å². The van der Waals surface area contributed by atoms with Gasteiger partial charge in [0, 0.05) is 57.2 Å². The third-order valence-corrected chi connectivity index (χ3v) is 8.09. The summed E-state index contributed by atoms with van der Waals surface area (Å²) in [7, 11) is 1.95. The Hall–Kier alpha value is -4.76. The Morgan fingerprint density at radius 2 is 1.18 bits per heavy atom. The van der Waals surface area contributed by atoms with Crippen molar-refractivity contribution >= 4 is 29.8 Å². The molecule has 1 amide bonds. The molecular weight excluding hydrogens is 703 g/mol. The topological polar surface area (TPSA) is 177 Å². The lowest BCUT2D eigenvalue weighted by molar-refractivity contribution is -0.193. The van der Waals surface area contributed by atoms with Crippen LogP contribution in [0.3, 0.4) is 0 Å². The van der Waals surface area contributed by atoms with Gasteiger partial charge in [-0.15, -0.1) is 0 Å². The number of hydrogen-bond acceptors (Lipinski definition) is 9. The van der Waals surface area contributed by atoms with Crippen molar-refractivity contribution in [3.05, 3.63) is 48.5 Å². The summed E-state index contributed by atoms with van der Waals surface area (Å²) in [5.41, 5.74) is 0.799. The van der Waals surface area contributed by atoms with Crippen LogP contribution in [0.4, 0.5) is 45.5 Å². The number of aliphatic carboxylic acids is 3. The second-order valence-corrected chi connectivity index (χ2v) is 11.2. The zero-order chi connectivity index (χ0) is 38.1. The number of halogens is 9. The van der Waals surface area contributed by atoms with Crippen LogP contribution in [0.1, 0.15) is 25.0 Å². The highest BCUT2D eigenvalue weighted by Gasteiger charge is 2.65. The molecule has 3 fully saturated rings. The van der Waals surface area contributed by atoms with E-state index in [1.165, 1.54) is 0 Å². The molecule has 0 radical (unpaired) electrons. The number of carbonyl (C=O) groups is 4. The Morgan fingerprint density at radius 1 is 0.720 bits per heavy atom. The van der Waals surface area contributed by atoms with E-state index in [1.54, 1.807) is 12.4 Å². The van der Waals surface area contributed by atoms with Gasteiger partial charge >= 0.3 is 36.4 Å². The minimum atomic E-state index is -5.08. The molecule has 5 heterocycles. The average Bonchev–Trinajstić information content (AvgIpc) is 3.50. The van der Waals surface area contributed by atoms with Gasteiger partial charge in [0.2, 0.25) is 11.9 Å². The fourth-order valence-corrected chi connectivity index (χ4v) is 5.73.